The van der Waals surface area contributed by atoms with Crippen LogP contribution >= 0.6 is 0 Å². The number of nitrogens with zero attached hydrogens (tertiary/aromatic N) is 3. The van der Waals surface area contributed by atoms with Gasteiger partial charge >= 0.3 is 0 Å². The van der Waals surface area contributed by atoms with Gasteiger partial charge in [-0.2, -0.15) is 10.1 Å². The summed E-state index contributed by atoms with van der Waals surface area (Å²) in [4.78, 5) is 13.0. The molecule has 1 aromatic heterocycles. The Kier molecular flexibility index (Phi) is 4.71. The molecular weight excluding hydrogens is 358 g/mol. The van der Waals surface area contributed by atoms with E-state index >= 15 is 0 Å². The number of amides is 1. The Morgan fingerprint density at radius 1 is 0.828 bits per heavy atom. The van der Waals surface area contributed by atoms with Crippen molar-refractivity contribution in [2.45, 2.75) is 34.6 Å². The number of hydrazone groups is 1. The van der Waals surface area contributed by atoms with Gasteiger partial charge in [0.15, 0.2) is 0 Å². The molecule has 2 aromatic carbocycles. The van der Waals surface area contributed by atoms with E-state index in [0.29, 0.717) is 5.57 Å². The van der Waals surface area contributed by atoms with Crippen LogP contribution in [0.5, 0.6) is 0 Å². The van der Waals surface area contributed by atoms with Crippen molar-refractivity contribution < 1.29 is 4.79 Å². The molecule has 0 N–H and O–H groups in total. The second kappa shape index (κ2) is 7.21. The molecule has 1 aliphatic rings. The Balaban J connectivity index is 1.73. The Labute approximate surface area is 171 Å². The Morgan fingerprint density at radius 3 is 2.24 bits per heavy atom. The minimum absolute atomic E-state index is 0.0929. The van der Waals surface area contributed by atoms with E-state index in [-0.39, 0.29) is 5.91 Å². The summed E-state index contributed by atoms with van der Waals surface area (Å²) in [5.74, 6) is -0.0929. The summed E-state index contributed by atoms with van der Waals surface area (Å²) in [6.45, 7) is 10.3. The monoisotopic (exact) mass is 383 g/mol. The first kappa shape index (κ1) is 18.9. The fourth-order valence-corrected chi connectivity index (χ4v) is 3.78. The van der Waals surface area contributed by atoms with E-state index in [1.807, 2.05) is 43.3 Å². The highest BCUT2D eigenvalue weighted by Crippen LogP contribution is 2.28. The third-order valence-electron chi connectivity index (χ3n) is 5.58. The normalized spacial score (nSPS) is 15.3. The molecule has 4 heteroatoms. The predicted octanol–water partition coefficient (Wildman–Crippen LogP) is 5.52. The van der Waals surface area contributed by atoms with Crippen LogP contribution in [0.3, 0.4) is 0 Å². The van der Waals surface area contributed by atoms with Crippen LogP contribution in [0.25, 0.3) is 11.8 Å². The lowest BCUT2D eigenvalue weighted by Crippen LogP contribution is -2.21. The summed E-state index contributed by atoms with van der Waals surface area (Å²) in [6, 6.07) is 18.2. The van der Waals surface area contributed by atoms with Gasteiger partial charge in [0.25, 0.3) is 5.91 Å². The van der Waals surface area contributed by atoms with E-state index in [1.54, 1.807) is 0 Å². The minimum atomic E-state index is -0.0929. The molecule has 0 aliphatic carbocycles. The zero-order valence-corrected chi connectivity index (χ0v) is 17.5. The number of anilines is 1. The summed E-state index contributed by atoms with van der Waals surface area (Å²) in [6.07, 6.45) is 1.96. The molecule has 0 radical (unpaired) electrons. The van der Waals surface area contributed by atoms with Crippen molar-refractivity contribution in [1.29, 1.82) is 0 Å². The van der Waals surface area contributed by atoms with Crippen LogP contribution in [0.1, 0.15) is 35.0 Å². The molecule has 3 aromatic rings. The molecule has 0 saturated heterocycles. The Hall–Kier alpha value is -3.40. The first-order chi connectivity index (χ1) is 13.9. The van der Waals surface area contributed by atoms with Gasteiger partial charge in [0.2, 0.25) is 0 Å². The Bertz CT molecular complexity index is 1170. The van der Waals surface area contributed by atoms with Gasteiger partial charge in [-0.25, -0.2) is 0 Å². The molecule has 2 heterocycles. The van der Waals surface area contributed by atoms with Crippen molar-refractivity contribution >= 4 is 23.4 Å². The van der Waals surface area contributed by atoms with Crippen LogP contribution in [0, 0.1) is 27.7 Å². The number of rotatable bonds is 3. The van der Waals surface area contributed by atoms with E-state index in [4.69, 9.17) is 0 Å². The van der Waals surface area contributed by atoms with Crippen molar-refractivity contribution in [2.24, 2.45) is 5.10 Å². The van der Waals surface area contributed by atoms with Crippen LogP contribution < -0.4 is 5.01 Å². The summed E-state index contributed by atoms with van der Waals surface area (Å²) in [5, 5.41) is 5.96. The molecule has 0 atom stereocenters. The quantitative estimate of drug-likeness (QED) is 0.549. The number of aromatic nitrogens is 1. The highest BCUT2D eigenvalue weighted by molar-refractivity contribution is 6.32. The number of benzene rings is 2. The minimum Gasteiger partial charge on any atom is -0.318 e. The van der Waals surface area contributed by atoms with Crippen LogP contribution in [-0.2, 0) is 4.79 Å². The highest BCUT2D eigenvalue weighted by Gasteiger charge is 2.29. The van der Waals surface area contributed by atoms with E-state index < -0.39 is 0 Å². The maximum atomic E-state index is 13.0. The number of hydrogen-bond acceptors (Lipinski definition) is 2. The first-order valence-corrected chi connectivity index (χ1v) is 9.80. The second-order valence-electron chi connectivity index (χ2n) is 7.63. The van der Waals surface area contributed by atoms with Crippen LogP contribution in [-0.4, -0.2) is 16.2 Å². The highest BCUT2D eigenvalue weighted by atomic mass is 16.2. The molecule has 0 saturated carbocycles. The molecule has 0 bridgehead atoms. The number of carbonyl (C=O) groups is 1. The van der Waals surface area contributed by atoms with E-state index in [2.05, 4.69) is 61.6 Å². The summed E-state index contributed by atoms with van der Waals surface area (Å²) >= 11 is 0. The molecule has 4 nitrogen and oxygen atoms in total. The maximum absolute atomic E-state index is 13.0. The van der Waals surface area contributed by atoms with Crippen molar-refractivity contribution in [3.05, 3.63) is 88.2 Å². The molecule has 0 fully saturated rings. The van der Waals surface area contributed by atoms with Crippen molar-refractivity contribution in [2.75, 3.05) is 5.01 Å². The van der Waals surface area contributed by atoms with Crippen molar-refractivity contribution in [1.82, 2.24) is 4.57 Å². The van der Waals surface area contributed by atoms with Gasteiger partial charge in [0.1, 0.15) is 0 Å². The SMILES string of the molecule is CC1=NN(c2ccccc2)C(=O)C1=Cc1cc(C)n(-c2ccc(C)c(C)c2)c1C. The molecular formula is C25H25N3O. The average Bonchev–Trinajstić information content (AvgIpc) is 3.15. The molecule has 0 unspecified atom stereocenters. The zero-order chi connectivity index (χ0) is 20.7. The fourth-order valence-electron chi connectivity index (χ4n) is 3.78. The third kappa shape index (κ3) is 3.31. The van der Waals surface area contributed by atoms with Gasteiger partial charge in [-0.15, -0.1) is 0 Å². The van der Waals surface area contributed by atoms with Crippen LogP contribution in [0.2, 0.25) is 0 Å². The van der Waals surface area contributed by atoms with Gasteiger partial charge in [-0.3, -0.25) is 4.79 Å². The number of aryl methyl sites for hydroxylation is 3. The standard InChI is InChI=1S/C25H25N3O/c1-16-11-12-23(13-17(16)2)27-18(3)14-21(20(27)5)15-24-19(4)26-28(25(24)29)22-9-7-6-8-10-22/h6-15H,1-5H3. The lowest BCUT2D eigenvalue weighted by Gasteiger charge is -2.12. The van der Waals surface area contributed by atoms with Gasteiger partial charge in [0, 0.05) is 17.1 Å². The number of carbonyl (C=O) groups excluding carboxylic acids is 1. The van der Waals surface area contributed by atoms with E-state index in [9.17, 15) is 4.79 Å². The number of hydrogen-bond donors (Lipinski definition) is 0. The topological polar surface area (TPSA) is 37.6 Å². The second-order valence-corrected chi connectivity index (χ2v) is 7.63. The van der Waals surface area contributed by atoms with E-state index in [0.717, 1.165) is 34.0 Å². The maximum Gasteiger partial charge on any atom is 0.280 e. The predicted molar refractivity (Wildman–Crippen MR) is 120 cm³/mol. The van der Waals surface area contributed by atoms with Crippen LogP contribution in [0.15, 0.2) is 65.3 Å². The van der Waals surface area contributed by atoms with Gasteiger partial charge in [-0.1, -0.05) is 24.3 Å². The summed E-state index contributed by atoms with van der Waals surface area (Å²) < 4.78 is 2.24. The number of para-hydroxylation sites is 1. The largest absolute Gasteiger partial charge is 0.318 e. The molecule has 146 valence electrons. The van der Waals surface area contributed by atoms with E-state index in [1.165, 1.54) is 16.1 Å². The molecule has 0 spiro atoms. The zero-order valence-electron chi connectivity index (χ0n) is 17.5. The third-order valence-corrected chi connectivity index (χ3v) is 5.58. The van der Waals surface area contributed by atoms with Gasteiger partial charge in [-0.05, 0) is 87.7 Å². The van der Waals surface area contributed by atoms with Gasteiger partial charge < -0.3 is 4.57 Å². The first-order valence-electron chi connectivity index (χ1n) is 9.80. The molecule has 1 amide bonds. The van der Waals surface area contributed by atoms with Crippen molar-refractivity contribution in [3.8, 4) is 5.69 Å². The average molecular weight is 383 g/mol. The summed E-state index contributed by atoms with van der Waals surface area (Å²) in [5.41, 5.74) is 9.11. The van der Waals surface area contributed by atoms with Gasteiger partial charge in [0.05, 0.1) is 17.0 Å². The molecule has 29 heavy (non-hydrogen) atoms. The molecule has 1 aliphatic heterocycles. The lowest BCUT2D eigenvalue weighted by atomic mass is 10.1. The Morgan fingerprint density at radius 2 is 1.55 bits per heavy atom. The smallest absolute Gasteiger partial charge is 0.280 e. The van der Waals surface area contributed by atoms with Crippen molar-refractivity contribution in [3.63, 3.8) is 0 Å². The fraction of sp³-hybridized carbons (Fsp3) is 0.200. The lowest BCUT2D eigenvalue weighted by molar-refractivity contribution is -0.114. The summed E-state index contributed by atoms with van der Waals surface area (Å²) in [7, 11) is 0. The van der Waals surface area contributed by atoms with Crippen LogP contribution in [0.4, 0.5) is 5.69 Å². The molecule has 4 rings (SSSR count).